The predicted octanol–water partition coefficient (Wildman–Crippen LogP) is 4.92. The lowest BCUT2D eigenvalue weighted by Crippen LogP contribution is -2.31. The van der Waals surface area contributed by atoms with E-state index in [1.54, 1.807) is 0 Å². The van der Waals surface area contributed by atoms with Crippen molar-refractivity contribution in [1.82, 2.24) is 0 Å². The summed E-state index contributed by atoms with van der Waals surface area (Å²) in [5, 5.41) is 0. The van der Waals surface area contributed by atoms with Gasteiger partial charge in [0.25, 0.3) is 0 Å². The lowest BCUT2D eigenvalue weighted by molar-refractivity contribution is -0.128. The van der Waals surface area contributed by atoms with E-state index in [1.165, 1.54) is 0 Å². The van der Waals surface area contributed by atoms with Crippen molar-refractivity contribution in [2.75, 3.05) is 13.2 Å². The van der Waals surface area contributed by atoms with Gasteiger partial charge in [0.05, 0.1) is 0 Å². The van der Waals surface area contributed by atoms with Crippen LogP contribution < -0.4 is 0 Å². The first kappa shape index (κ1) is 22.0. The van der Waals surface area contributed by atoms with Gasteiger partial charge < -0.3 is 4.74 Å². The quantitative estimate of drug-likeness (QED) is 0.402. The zero-order valence-corrected chi connectivity index (χ0v) is 19.8. The molecule has 3 unspecified atom stereocenters. The van der Waals surface area contributed by atoms with Crippen LogP contribution in [0.2, 0.25) is 19.6 Å². The van der Waals surface area contributed by atoms with E-state index in [9.17, 15) is 9.59 Å². The Labute approximate surface area is 176 Å². The fraction of sp³-hybridized carbons (Fsp3) is 0.600. The molecule has 0 aromatic heterocycles. The van der Waals surface area contributed by atoms with Crippen molar-refractivity contribution in [3.8, 4) is 11.5 Å². The van der Waals surface area contributed by atoms with E-state index in [0.29, 0.717) is 25.4 Å². The van der Waals surface area contributed by atoms with E-state index >= 15 is 0 Å². The first-order valence-electron chi connectivity index (χ1n) is 10.7. The molecule has 3 nitrogen and oxygen atoms in total. The number of carbonyl (C=O) groups excluding carboxylic acids is 2. The normalized spacial score (nSPS) is 27.2. The molecular formula is C25H34O3Si. The van der Waals surface area contributed by atoms with Gasteiger partial charge in [-0.1, -0.05) is 37.3 Å². The van der Waals surface area contributed by atoms with Crippen LogP contribution in [0.4, 0.5) is 0 Å². The average Bonchev–Trinajstić information content (AvgIpc) is 3.15. The van der Waals surface area contributed by atoms with Gasteiger partial charge in [-0.15, -0.1) is 11.5 Å². The molecule has 156 valence electrons. The summed E-state index contributed by atoms with van der Waals surface area (Å²) < 4.78 is 5.57. The number of hydrogen-bond acceptors (Lipinski definition) is 3. The molecule has 29 heavy (non-hydrogen) atoms. The molecular weight excluding hydrogens is 376 g/mol. The van der Waals surface area contributed by atoms with Crippen LogP contribution in [0.3, 0.4) is 0 Å². The lowest BCUT2D eigenvalue weighted by Gasteiger charge is -2.28. The Kier molecular flexibility index (Phi) is 6.22. The molecule has 0 spiro atoms. The third kappa shape index (κ3) is 4.73. The van der Waals surface area contributed by atoms with Crippen molar-refractivity contribution in [2.24, 2.45) is 11.3 Å². The van der Waals surface area contributed by atoms with Crippen molar-refractivity contribution in [3.63, 3.8) is 0 Å². The summed E-state index contributed by atoms with van der Waals surface area (Å²) in [4.78, 5) is 27.1. The zero-order valence-electron chi connectivity index (χ0n) is 18.8. The SMILES string of the molecule is Cc1cc(C)c(C2C(=O)CC(CC#C[Si](C)(C)C)(CC3CCOC3)C2=O)c(C)c1. The third-order valence-corrected chi connectivity index (χ3v) is 7.17. The van der Waals surface area contributed by atoms with Crippen LogP contribution in [0.5, 0.6) is 0 Å². The highest BCUT2D eigenvalue weighted by atomic mass is 28.3. The minimum atomic E-state index is -1.53. The Bertz CT molecular complexity index is 855. The standard InChI is InChI=1S/C25H34O3Si/c1-17-12-18(2)22(19(3)13-17)23-21(26)15-25(24(23)27,9-7-11-29(4,5)6)14-20-8-10-28-16-20/h12-13,20,23H,8-10,14-16H2,1-6H3. The van der Waals surface area contributed by atoms with Crippen molar-refractivity contribution < 1.29 is 14.3 Å². The highest BCUT2D eigenvalue weighted by molar-refractivity contribution is 6.83. The molecule has 0 N–H and O–H groups in total. The molecule has 4 heteroatoms. The molecule has 0 bridgehead atoms. The van der Waals surface area contributed by atoms with Crippen molar-refractivity contribution in [3.05, 3.63) is 34.4 Å². The van der Waals surface area contributed by atoms with Gasteiger partial charge in [0.1, 0.15) is 19.8 Å². The monoisotopic (exact) mass is 410 g/mol. The van der Waals surface area contributed by atoms with E-state index in [4.69, 9.17) is 4.74 Å². The summed E-state index contributed by atoms with van der Waals surface area (Å²) in [7, 11) is -1.53. The first-order valence-corrected chi connectivity index (χ1v) is 14.2. The minimum Gasteiger partial charge on any atom is -0.381 e. The topological polar surface area (TPSA) is 43.4 Å². The fourth-order valence-corrected chi connectivity index (χ4v) is 5.70. The van der Waals surface area contributed by atoms with Crippen molar-refractivity contribution in [1.29, 1.82) is 0 Å². The summed E-state index contributed by atoms with van der Waals surface area (Å²) in [5.41, 5.74) is 6.93. The number of aryl methyl sites for hydroxylation is 3. The van der Waals surface area contributed by atoms with Crippen LogP contribution in [0, 0.1) is 43.6 Å². The maximum Gasteiger partial charge on any atom is 0.155 e. The Morgan fingerprint density at radius 2 is 1.79 bits per heavy atom. The van der Waals surface area contributed by atoms with Crippen LogP contribution in [0.1, 0.15) is 53.9 Å². The first-order chi connectivity index (χ1) is 13.5. The molecule has 2 aliphatic rings. The maximum absolute atomic E-state index is 13.9. The molecule has 3 atom stereocenters. The molecule has 3 rings (SSSR count). The second kappa shape index (κ2) is 8.20. The molecule has 1 aliphatic carbocycles. The van der Waals surface area contributed by atoms with E-state index in [0.717, 1.165) is 41.7 Å². The highest BCUT2D eigenvalue weighted by Gasteiger charge is 2.54. The maximum atomic E-state index is 13.9. The number of carbonyl (C=O) groups is 2. The van der Waals surface area contributed by atoms with Crippen LogP contribution in [0.15, 0.2) is 12.1 Å². The number of Topliss-reactive ketones (excluding diaryl/α,β-unsaturated/α-hetero) is 2. The number of ketones is 2. The van der Waals surface area contributed by atoms with E-state index in [1.807, 2.05) is 13.8 Å². The second-order valence-corrected chi connectivity index (χ2v) is 14.9. The van der Waals surface area contributed by atoms with E-state index in [2.05, 4.69) is 50.2 Å². The number of ether oxygens (including phenoxy) is 1. The summed E-state index contributed by atoms with van der Waals surface area (Å²) >= 11 is 0. The molecule has 1 saturated carbocycles. The van der Waals surface area contributed by atoms with E-state index < -0.39 is 19.4 Å². The summed E-state index contributed by atoms with van der Waals surface area (Å²) in [5.74, 6) is 3.22. The largest absolute Gasteiger partial charge is 0.381 e. The molecule has 1 aromatic carbocycles. The zero-order chi connectivity index (χ0) is 21.4. The number of benzene rings is 1. The van der Waals surface area contributed by atoms with Gasteiger partial charge in [-0.2, -0.15) is 0 Å². The number of hydrogen-bond donors (Lipinski definition) is 0. The number of rotatable bonds is 4. The van der Waals surface area contributed by atoms with Gasteiger partial charge in [-0.25, -0.2) is 0 Å². The smallest absolute Gasteiger partial charge is 0.155 e. The highest BCUT2D eigenvalue weighted by Crippen LogP contribution is 2.49. The predicted molar refractivity (Wildman–Crippen MR) is 120 cm³/mol. The van der Waals surface area contributed by atoms with Crippen LogP contribution >= 0.6 is 0 Å². The van der Waals surface area contributed by atoms with Gasteiger partial charge >= 0.3 is 0 Å². The molecule has 2 fully saturated rings. The Hall–Kier alpha value is -1.70. The second-order valence-electron chi connectivity index (χ2n) is 10.2. The Balaban J connectivity index is 1.99. The molecule has 1 aliphatic heterocycles. The van der Waals surface area contributed by atoms with Gasteiger partial charge in [0.15, 0.2) is 5.78 Å². The van der Waals surface area contributed by atoms with Crippen LogP contribution in [0.25, 0.3) is 0 Å². The third-order valence-electron chi connectivity index (χ3n) is 6.24. The molecule has 1 saturated heterocycles. The summed E-state index contributed by atoms with van der Waals surface area (Å²) in [6.07, 6.45) is 2.51. The van der Waals surface area contributed by atoms with Gasteiger partial charge in [-0.05, 0) is 56.2 Å². The molecule has 0 radical (unpaired) electrons. The van der Waals surface area contributed by atoms with Gasteiger partial charge in [-0.3, -0.25) is 9.59 Å². The van der Waals surface area contributed by atoms with Gasteiger partial charge in [0.2, 0.25) is 0 Å². The summed E-state index contributed by atoms with van der Waals surface area (Å²) in [6.45, 7) is 14.2. The molecule has 1 aromatic rings. The Morgan fingerprint density at radius 1 is 1.14 bits per heavy atom. The average molecular weight is 411 g/mol. The van der Waals surface area contributed by atoms with Crippen LogP contribution in [-0.4, -0.2) is 32.9 Å². The fourth-order valence-electron chi connectivity index (χ4n) is 5.08. The van der Waals surface area contributed by atoms with Gasteiger partial charge in [0, 0.05) is 31.5 Å². The molecule has 0 amide bonds. The summed E-state index contributed by atoms with van der Waals surface area (Å²) in [6, 6.07) is 4.16. The van der Waals surface area contributed by atoms with Crippen LogP contribution in [-0.2, 0) is 14.3 Å². The lowest BCUT2D eigenvalue weighted by atomic mass is 9.73. The molecule has 1 heterocycles. The minimum absolute atomic E-state index is 0.0683. The van der Waals surface area contributed by atoms with Crippen molar-refractivity contribution in [2.45, 2.75) is 72.0 Å². The van der Waals surface area contributed by atoms with Crippen molar-refractivity contribution >= 4 is 19.6 Å². The Morgan fingerprint density at radius 3 is 2.34 bits per heavy atom. The van der Waals surface area contributed by atoms with E-state index in [-0.39, 0.29) is 11.6 Å².